The molecule has 39 heavy (non-hydrogen) atoms. The lowest BCUT2D eigenvalue weighted by atomic mass is 9.86. The van der Waals surface area contributed by atoms with Crippen LogP contribution in [0.4, 0.5) is 35.2 Å². The molecule has 2 atom stereocenters. The SMILES string of the molecule is Cc1ccccc1CC([O-])=Nc1cc(NC(=O)Nc2c[n+](C3CCCC(C(=O)O)C3)no2)cc(C(F)(F)F)c1. The summed E-state index contributed by atoms with van der Waals surface area (Å²) in [7, 11) is 0. The molecule has 1 aliphatic carbocycles. The molecule has 1 saturated carbocycles. The predicted octanol–water partition coefficient (Wildman–Crippen LogP) is 4.38. The van der Waals surface area contributed by atoms with Gasteiger partial charge in [0, 0.05) is 24.9 Å². The summed E-state index contributed by atoms with van der Waals surface area (Å²) >= 11 is 0. The Morgan fingerprint density at radius 3 is 2.69 bits per heavy atom. The van der Waals surface area contributed by atoms with Crippen molar-refractivity contribution in [1.29, 1.82) is 0 Å². The smallest absolute Gasteiger partial charge is 0.416 e. The molecule has 1 fully saturated rings. The zero-order chi connectivity index (χ0) is 28.2. The van der Waals surface area contributed by atoms with Gasteiger partial charge in [0.25, 0.3) is 6.20 Å². The van der Waals surface area contributed by atoms with E-state index >= 15 is 0 Å². The second-order valence-corrected chi connectivity index (χ2v) is 9.36. The van der Waals surface area contributed by atoms with Gasteiger partial charge in [-0.1, -0.05) is 24.3 Å². The number of rotatable bonds is 7. The van der Waals surface area contributed by atoms with Crippen molar-refractivity contribution in [2.75, 3.05) is 10.6 Å². The lowest BCUT2D eigenvalue weighted by Crippen LogP contribution is -2.44. The lowest BCUT2D eigenvalue weighted by molar-refractivity contribution is -0.787. The Bertz CT molecular complexity index is 1390. The minimum atomic E-state index is -4.75. The third kappa shape index (κ3) is 7.33. The Balaban J connectivity index is 1.47. The highest BCUT2D eigenvalue weighted by Gasteiger charge is 2.35. The van der Waals surface area contributed by atoms with Crippen LogP contribution in [0.25, 0.3) is 0 Å². The van der Waals surface area contributed by atoms with Crippen molar-refractivity contribution in [3.63, 3.8) is 0 Å². The maximum atomic E-state index is 13.5. The molecule has 13 heteroatoms. The van der Waals surface area contributed by atoms with E-state index in [0.29, 0.717) is 31.2 Å². The number of aromatic nitrogens is 2. The van der Waals surface area contributed by atoms with Gasteiger partial charge in [-0.2, -0.15) is 13.2 Å². The van der Waals surface area contributed by atoms with Crippen LogP contribution in [-0.2, 0) is 17.4 Å². The standard InChI is InChI=1S/C26H26F3N5O5/c1-15-5-2-3-6-16(15)10-22(35)30-19-11-18(26(27,28)29)12-20(13-19)31-25(38)32-23-14-34(33-39-23)21-8-4-7-17(9-21)24(36)37/h2-3,5-6,11-14,17,21H,4,7-10H2,1H3,(H3-,30,31,32,33,35,36,37,38). The number of halogens is 3. The number of anilines is 2. The Labute approximate surface area is 221 Å². The van der Waals surface area contributed by atoms with Crippen LogP contribution < -0.4 is 20.4 Å². The van der Waals surface area contributed by atoms with Crippen LogP contribution in [0.1, 0.15) is 48.4 Å². The highest BCUT2D eigenvalue weighted by atomic mass is 19.4. The van der Waals surface area contributed by atoms with Crippen LogP contribution >= 0.6 is 0 Å². The number of carboxylic acid groups (broad SMARTS) is 1. The first-order chi connectivity index (χ1) is 18.5. The van der Waals surface area contributed by atoms with Gasteiger partial charge >= 0.3 is 24.1 Å². The quantitative estimate of drug-likeness (QED) is 0.228. The highest BCUT2D eigenvalue weighted by molar-refractivity contribution is 5.99. The maximum Gasteiger partial charge on any atom is 0.416 e. The molecule has 0 saturated heterocycles. The fourth-order valence-electron chi connectivity index (χ4n) is 4.45. The minimum absolute atomic E-state index is 0.0877. The zero-order valence-electron chi connectivity index (χ0n) is 20.9. The van der Waals surface area contributed by atoms with Crippen molar-refractivity contribution in [3.05, 3.63) is 65.4 Å². The molecule has 4 rings (SSSR count). The van der Waals surface area contributed by atoms with Crippen molar-refractivity contribution in [1.82, 2.24) is 5.27 Å². The van der Waals surface area contributed by atoms with Crippen LogP contribution in [-0.4, -0.2) is 28.3 Å². The third-order valence-corrected chi connectivity index (χ3v) is 6.45. The number of aliphatic imine (C=N–C) groups is 1. The van der Waals surface area contributed by atoms with Gasteiger partial charge < -0.3 is 15.5 Å². The summed E-state index contributed by atoms with van der Waals surface area (Å²) in [6, 6.07) is 8.56. The average molecular weight is 546 g/mol. The molecule has 10 nitrogen and oxygen atoms in total. The summed E-state index contributed by atoms with van der Waals surface area (Å²) < 4.78 is 47.0. The van der Waals surface area contributed by atoms with E-state index in [1.165, 1.54) is 10.9 Å². The number of urea groups is 1. The molecule has 0 aliphatic heterocycles. The topological polar surface area (TPSA) is 144 Å². The summed E-state index contributed by atoms with van der Waals surface area (Å²) in [5.74, 6) is -2.12. The Morgan fingerprint density at radius 2 is 1.97 bits per heavy atom. The summed E-state index contributed by atoms with van der Waals surface area (Å²) in [5, 5.41) is 30.2. The molecule has 1 heterocycles. The molecule has 2 unspecified atom stereocenters. The third-order valence-electron chi connectivity index (χ3n) is 6.45. The number of carboxylic acids is 1. The van der Waals surface area contributed by atoms with Crippen molar-refractivity contribution in [2.45, 2.75) is 51.2 Å². The van der Waals surface area contributed by atoms with Gasteiger partial charge in [0.2, 0.25) is 5.27 Å². The Hall–Kier alpha value is -4.42. The first kappa shape index (κ1) is 27.6. The largest absolute Gasteiger partial charge is 0.861 e. The molecule has 3 N–H and O–H groups in total. The Morgan fingerprint density at radius 1 is 1.21 bits per heavy atom. The van der Waals surface area contributed by atoms with E-state index in [4.69, 9.17) is 4.52 Å². The van der Waals surface area contributed by atoms with Crippen molar-refractivity contribution >= 4 is 35.2 Å². The van der Waals surface area contributed by atoms with E-state index in [-0.39, 0.29) is 29.7 Å². The van der Waals surface area contributed by atoms with Crippen LogP contribution in [0.2, 0.25) is 0 Å². The molecule has 3 aromatic rings. The van der Waals surface area contributed by atoms with Crippen LogP contribution in [0.5, 0.6) is 0 Å². The fraction of sp³-hybridized carbons (Fsp3) is 0.346. The number of alkyl halides is 3. The van der Waals surface area contributed by atoms with E-state index in [9.17, 15) is 33.0 Å². The number of benzene rings is 2. The number of aryl methyl sites for hydroxylation is 1. The molecule has 1 aromatic heterocycles. The number of nitrogens with zero attached hydrogens (tertiary/aromatic N) is 3. The molecule has 2 aromatic carbocycles. The van der Waals surface area contributed by atoms with E-state index in [1.54, 1.807) is 18.2 Å². The number of nitrogens with one attached hydrogen (secondary N) is 2. The first-order valence-electron chi connectivity index (χ1n) is 12.2. The van der Waals surface area contributed by atoms with E-state index in [1.807, 2.05) is 13.0 Å². The van der Waals surface area contributed by atoms with Crippen LogP contribution in [0, 0.1) is 12.8 Å². The normalized spacial score (nSPS) is 18.0. The van der Waals surface area contributed by atoms with Gasteiger partial charge in [-0.05, 0) is 59.7 Å². The number of hydrogen-bond donors (Lipinski definition) is 3. The van der Waals surface area contributed by atoms with Gasteiger partial charge in [0.15, 0.2) is 6.04 Å². The Kier molecular flexibility index (Phi) is 8.17. The van der Waals surface area contributed by atoms with Crippen LogP contribution in [0.15, 0.2) is 58.2 Å². The molecule has 0 radical (unpaired) electrons. The first-order valence-corrected chi connectivity index (χ1v) is 12.2. The highest BCUT2D eigenvalue weighted by Crippen LogP contribution is 2.34. The predicted molar refractivity (Wildman–Crippen MR) is 131 cm³/mol. The number of amides is 2. The van der Waals surface area contributed by atoms with Crippen molar-refractivity contribution in [2.24, 2.45) is 10.9 Å². The van der Waals surface area contributed by atoms with Crippen molar-refractivity contribution < 1.29 is 42.2 Å². The molecule has 206 valence electrons. The molecule has 0 bridgehead atoms. The number of hydrogen-bond acceptors (Lipinski definition) is 6. The van der Waals surface area contributed by atoms with Crippen LogP contribution in [0.3, 0.4) is 0 Å². The van der Waals surface area contributed by atoms with Gasteiger partial charge in [-0.15, -0.1) is 0 Å². The molecule has 0 spiro atoms. The maximum absolute atomic E-state index is 13.5. The van der Waals surface area contributed by atoms with E-state index in [2.05, 4.69) is 20.9 Å². The molecule has 2 amide bonds. The number of carbonyl (C=O) groups is 2. The summed E-state index contributed by atoms with van der Waals surface area (Å²) in [6.07, 6.45) is -1.15. The second kappa shape index (κ2) is 11.5. The lowest BCUT2D eigenvalue weighted by Gasteiger charge is -2.20. The van der Waals surface area contributed by atoms with E-state index in [0.717, 1.165) is 23.8 Å². The number of carbonyl (C=O) groups excluding carboxylic acids is 1. The van der Waals surface area contributed by atoms with Crippen molar-refractivity contribution in [3.8, 4) is 0 Å². The second-order valence-electron chi connectivity index (χ2n) is 9.36. The number of aliphatic carboxylic acids is 1. The molecular formula is C26H26F3N5O5. The minimum Gasteiger partial charge on any atom is -0.861 e. The van der Waals surface area contributed by atoms with Gasteiger partial charge in [-0.3, -0.25) is 19.6 Å². The zero-order valence-corrected chi connectivity index (χ0v) is 20.9. The van der Waals surface area contributed by atoms with Gasteiger partial charge in [0.1, 0.15) is 0 Å². The van der Waals surface area contributed by atoms with Gasteiger partial charge in [-0.25, -0.2) is 4.79 Å². The van der Waals surface area contributed by atoms with E-state index < -0.39 is 35.6 Å². The monoisotopic (exact) mass is 545 g/mol. The molecular weight excluding hydrogens is 519 g/mol. The summed E-state index contributed by atoms with van der Waals surface area (Å²) in [4.78, 5) is 27.6. The molecule has 1 aliphatic rings. The fourth-order valence-corrected chi connectivity index (χ4v) is 4.45. The van der Waals surface area contributed by atoms with Gasteiger partial charge in [0.05, 0.1) is 17.2 Å². The summed E-state index contributed by atoms with van der Waals surface area (Å²) in [5.41, 5.74) is -0.0456. The average Bonchev–Trinajstić information content (AvgIpc) is 3.33. The summed E-state index contributed by atoms with van der Waals surface area (Å²) in [6.45, 7) is 1.81.